The third-order valence-corrected chi connectivity index (χ3v) is 8.16. The smallest absolute Gasteiger partial charge is 0.251 e. The number of ether oxygens (including phenoxy) is 1. The van der Waals surface area contributed by atoms with Crippen LogP contribution in [0.15, 0.2) is 40.6 Å². The van der Waals surface area contributed by atoms with Gasteiger partial charge in [-0.25, -0.2) is 8.42 Å². The molecule has 6 nitrogen and oxygen atoms in total. The largest absolute Gasteiger partial charge is 0.495 e. The summed E-state index contributed by atoms with van der Waals surface area (Å²) in [6.07, 6.45) is 2.69. The maximum Gasteiger partial charge on any atom is 0.251 e. The molecule has 1 amide bonds. The van der Waals surface area contributed by atoms with Gasteiger partial charge in [-0.05, 0) is 56.3 Å². The predicted molar refractivity (Wildman–Crippen MR) is 110 cm³/mol. The van der Waals surface area contributed by atoms with Crippen molar-refractivity contribution >= 4 is 27.3 Å². The highest BCUT2D eigenvalue weighted by atomic mass is 32.2. The highest BCUT2D eigenvalue weighted by Crippen LogP contribution is 2.32. The zero-order chi connectivity index (χ0) is 20.3. The number of nitrogens with one attached hydrogen (secondary N) is 1. The summed E-state index contributed by atoms with van der Waals surface area (Å²) in [5, 5.41) is 4.88. The van der Waals surface area contributed by atoms with Gasteiger partial charge in [0, 0.05) is 23.0 Å². The van der Waals surface area contributed by atoms with Crippen molar-refractivity contribution in [2.45, 2.75) is 50.1 Å². The molecule has 2 unspecified atom stereocenters. The molecule has 1 aliphatic heterocycles. The van der Waals surface area contributed by atoms with Crippen LogP contribution in [-0.4, -0.2) is 38.3 Å². The monoisotopic (exact) mass is 422 g/mol. The Kier molecular flexibility index (Phi) is 6.42. The number of nitrogens with zero attached hydrogens (tertiary/aromatic N) is 1. The predicted octanol–water partition coefficient (Wildman–Crippen LogP) is 3.81. The molecule has 0 saturated carbocycles. The Morgan fingerprint density at radius 1 is 1.32 bits per heavy atom. The summed E-state index contributed by atoms with van der Waals surface area (Å²) in [4.78, 5) is 13.8. The number of sulfonamides is 1. The minimum atomic E-state index is -3.75. The minimum absolute atomic E-state index is 0.0418. The molecule has 2 atom stereocenters. The molecule has 0 bridgehead atoms. The van der Waals surface area contributed by atoms with E-state index in [0.29, 0.717) is 12.1 Å². The molecule has 152 valence electrons. The number of thiophene rings is 1. The number of hydrogen-bond donors (Lipinski definition) is 1. The summed E-state index contributed by atoms with van der Waals surface area (Å²) in [7, 11) is -2.31. The third kappa shape index (κ3) is 4.24. The van der Waals surface area contributed by atoms with Crippen LogP contribution in [0.3, 0.4) is 0 Å². The minimum Gasteiger partial charge on any atom is -0.495 e. The van der Waals surface area contributed by atoms with Crippen molar-refractivity contribution in [1.29, 1.82) is 0 Å². The summed E-state index contributed by atoms with van der Waals surface area (Å²) in [5.41, 5.74) is 0.299. The quantitative estimate of drug-likeness (QED) is 0.768. The average molecular weight is 423 g/mol. The molecule has 1 aliphatic rings. The van der Waals surface area contributed by atoms with Crippen molar-refractivity contribution < 1.29 is 17.9 Å². The first-order valence-corrected chi connectivity index (χ1v) is 11.7. The molecule has 8 heteroatoms. The molecule has 0 aliphatic carbocycles. The standard InChI is InChI=1S/C20H26N2O4S2/c1-14-7-4-5-11-22(14)28(24,25)19-13-16(9-10-17(19)26-3)20(23)21-15(2)18-8-6-12-27-18/h6,8-10,12-15H,4-5,7,11H2,1-3H3,(H,21,23). The van der Waals surface area contributed by atoms with E-state index in [0.717, 1.165) is 24.1 Å². The van der Waals surface area contributed by atoms with Crippen LogP contribution in [0.4, 0.5) is 0 Å². The van der Waals surface area contributed by atoms with Crippen LogP contribution in [0.2, 0.25) is 0 Å². The first kappa shape index (κ1) is 20.8. The lowest BCUT2D eigenvalue weighted by molar-refractivity contribution is 0.0940. The maximum atomic E-state index is 13.3. The van der Waals surface area contributed by atoms with Crippen LogP contribution in [0.25, 0.3) is 0 Å². The zero-order valence-corrected chi connectivity index (χ0v) is 18.0. The molecule has 1 saturated heterocycles. The van der Waals surface area contributed by atoms with Gasteiger partial charge in [0.1, 0.15) is 10.6 Å². The molecule has 1 aromatic carbocycles. The molecule has 1 fully saturated rings. The molecule has 0 radical (unpaired) electrons. The van der Waals surface area contributed by atoms with Gasteiger partial charge in [0.2, 0.25) is 10.0 Å². The van der Waals surface area contributed by atoms with Crippen molar-refractivity contribution in [1.82, 2.24) is 9.62 Å². The second-order valence-corrected chi connectivity index (χ2v) is 9.88. The third-order valence-electron chi connectivity index (χ3n) is 5.07. The van der Waals surface area contributed by atoms with E-state index in [1.165, 1.54) is 17.5 Å². The maximum absolute atomic E-state index is 13.3. The fourth-order valence-electron chi connectivity index (χ4n) is 3.46. The fraction of sp³-hybridized carbons (Fsp3) is 0.450. The van der Waals surface area contributed by atoms with Crippen molar-refractivity contribution in [2.24, 2.45) is 0 Å². The lowest BCUT2D eigenvalue weighted by Crippen LogP contribution is -2.42. The zero-order valence-electron chi connectivity index (χ0n) is 16.3. The van der Waals surface area contributed by atoms with Crippen molar-refractivity contribution in [3.8, 4) is 5.75 Å². The van der Waals surface area contributed by atoms with E-state index in [-0.39, 0.29) is 28.6 Å². The Morgan fingerprint density at radius 3 is 2.75 bits per heavy atom. The molecular formula is C20H26N2O4S2. The van der Waals surface area contributed by atoms with Gasteiger partial charge in [-0.3, -0.25) is 4.79 Å². The van der Waals surface area contributed by atoms with Crippen molar-refractivity contribution in [2.75, 3.05) is 13.7 Å². The van der Waals surface area contributed by atoms with Gasteiger partial charge >= 0.3 is 0 Å². The number of carbonyl (C=O) groups excluding carboxylic acids is 1. The van der Waals surface area contributed by atoms with E-state index in [9.17, 15) is 13.2 Å². The highest BCUT2D eigenvalue weighted by Gasteiger charge is 2.33. The van der Waals surface area contributed by atoms with E-state index in [1.54, 1.807) is 23.5 Å². The lowest BCUT2D eigenvalue weighted by Gasteiger charge is -2.32. The summed E-state index contributed by atoms with van der Waals surface area (Å²) in [6, 6.07) is 8.22. The van der Waals surface area contributed by atoms with E-state index >= 15 is 0 Å². The second kappa shape index (κ2) is 8.63. The van der Waals surface area contributed by atoms with Gasteiger partial charge in [-0.15, -0.1) is 11.3 Å². The van der Waals surface area contributed by atoms with Gasteiger partial charge in [0.25, 0.3) is 5.91 Å². The lowest BCUT2D eigenvalue weighted by atomic mass is 10.1. The molecule has 0 spiro atoms. The van der Waals surface area contributed by atoms with Gasteiger partial charge in [0.15, 0.2) is 0 Å². The number of rotatable bonds is 6. The number of piperidine rings is 1. The van der Waals surface area contributed by atoms with Gasteiger partial charge < -0.3 is 10.1 Å². The summed E-state index contributed by atoms with van der Waals surface area (Å²) in [5.74, 6) is -0.0627. The Labute approximate surface area is 170 Å². The van der Waals surface area contributed by atoms with E-state index in [1.807, 2.05) is 31.4 Å². The average Bonchev–Trinajstić information content (AvgIpc) is 3.22. The molecule has 3 rings (SSSR count). The van der Waals surface area contributed by atoms with Crippen LogP contribution >= 0.6 is 11.3 Å². The Hall–Kier alpha value is -1.90. The number of methoxy groups -OCH3 is 1. The van der Waals surface area contributed by atoms with E-state index in [2.05, 4.69) is 5.32 Å². The van der Waals surface area contributed by atoms with Crippen LogP contribution in [0, 0.1) is 0 Å². The number of hydrogen-bond acceptors (Lipinski definition) is 5. The second-order valence-electron chi connectivity index (χ2n) is 7.04. The SMILES string of the molecule is COc1ccc(C(=O)NC(C)c2cccs2)cc1S(=O)(=O)N1CCCCC1C. The molecule has 1 N–H and O–H groups in total. The number of carbonyl (C=O) groups is 1. The first-order chi connectivity index (χ1) is 13.3. The van der Waals surface area contributed by atoms with Crippen LogP contribution < -0.4 is 10.1 Å². The number of amides is 1. The Morgan fingerprint density at radius 2 is 2.11 bits per heavy atom. The van der Waals surface area contributed by atoms with Crippen molar-refractivity contribution in [3.05, 3.63) is 46.2 Å². The summed E-state index contributed by atoms with van der Waals surface area (Å²) < 4.78 is 33.4. The summed E-state index contributed by atoms with van der Waals surface area (Å²) >= 11 is 1.56. The van der Waals surface area contributed by atoms with Gasteiger partial charge in [-0.1, -0.05) is 12.5 Å². The highest BCUT2D eigenvalue weighted by molar-refractivity contribution is 7.89. The molecular weight excluding hydrogens is 396 g/mol. The Bertz CT molecular complexity index is 926. The van der Waals surface area contributed by atoms with E-state index in [4.69, 9.17) is 4.74 Å². The first-order valence-electron chi connectivity index (χ1n) is 9.38. The fourth-order valence-corrected chi connectivity index (χ4v) is 6.08. The Balaban J connectivity index is 1.90. The molecule has 28 heavy (non-hydrogen) atoms. The molecule has 1 aromatic heterocycles. The summed E-state index contributed by atoms with van der Waals surface area (Å²) in [6.45, 7) is 4.31. The van der Waals surface area contributed by atoms with Crippen LogP contribution in [0.5, 0.6) is 5.75 Å². The molecule has 2 aromatic rings. The van der Waals surface area contributed by atoms with Gasteiger partial charge in [-0.2, -0.15) is 4.31 Å². The number of benzene rings is 1. The molecule has 2 heterocycles. The van der Waals surface area contributed by atoms with Gasteiger partial charge in [0.05, 0.1) is 13.2 Å². The normalized spacial score (nSPS) is 19.2. The topological polar surface area (TPSA) is 75.7 Å². The van der Waals surface area contributed by atoms with Crippen LogP contribution in [0.1, 0.15) is 54.4 Å². The van der Waals surface area contributed by atoms with Crippen molar-refractivity contribution in [3.63, 3.8) is 0 Å². The van der Waals surface area contributed by atoms with Crippen LogP contribution in [-0.2, 0) is 10.0 Å². The van der Waals surface area contributed by atoms with E-state index < -0.39 is 10.0 Å².